The van der Waals surface area contributed by atoms with Gasteiger partial charge in [0.2, 0.25) is 0 Å². The van der Waals surface area contributed by atoms with E-state index in [1.54, 1.807) is 5.57 Å². The summed E-state index contributed by atoms with van der Waals surface area (Å²) >= 11 is 0. The minimum Gasteiger partial charge on any atom is -0.356 e. The predicted octanol–water partition coefficient (Wildman–Crippen LogP) is 3.47. The van der Waals surface area contributed by atoms with Gasteiger partial charge in [-0.25, -0.2) is 0 Å². The topological polar surface area (TPSA) is 30.9 Å². The molecule has 4 heteroatoms. The molecule has 2 heterocycles. The highest BCUT2D eigenvalue weighted by atomic mass is 15.3. The zero-order valence-corrected chi connectivity index (χ0v) is 16.5. The molecular formula is C22H34N4. The summed E-state index contributed by atoms with van der Waals surface area (Å²) in [5.74, 6) is 1.95. The fourth-order valence-electron chi connectivity index (χ4n) is 4.01. The number of guanidine groups is 1. The molecule has 0 saturated carbocycles. The first kappa shape index (κ1) is 19.0. The van der Waals surface area contributed by atoms with Crippen molar-refractivity contribution < 1.29 is 0 Å². The molecule has 0 aliphatic carbocycles. The Kier molecular flexibility index (Phi) is 7.13. The number of likely N-dealkylation sites (tertiary alicyclic amines) is 2. The second-order valence-corrected chi connectivity index (χ2v) is 7.71. The number of hydrogen-bond donors (Lipinski definition) is 1. The molecule has 26 heavy (non-hydrogen) atoms. The van der Waals surface area contributed by atoms with E-state index < -0.39 is 0 Å². The molecule has 0 atom stereocenters. The van der Waals surface area contributed by atoms with Crippen molar-refractivity contribution in [2.45, 2.75) is 32.1 Å². The molecule has 1 N–H and O–H groups in total. The average molecular weight is 355 g/mol. The van der Waals surface area contributed by atoms with Crippen LogP contribution in [0, 0.1) is 5.92 Å². The van der Waals surface area contributed by atoms with Crippen LogP contribution in [0.25, 0.3) is 6.08 Å². The molecule has 0 aromatic heterocycles. The Morgan fingerprint density at radius 3 is 2.46 bits per heavy atom. The van der Waals surface area contributed by atoms with E-state index in [-0.39, 0.29) is 0 Å². The normalized spacial score (nSPS) is 20.3. The van der Waals surface area contributed by atoms with Crippen LogP contribution in [0.5, 0.6) is 0 Å². The maximum absolute atomic E-state index is 4.52. The molecule has 1 aromatic rings. The number of nitrogens with zero attached hydrogens (tertiary/aromatic N) is 3. The van der Waals surface area contributed by atoms with Gasteiger partial charge in [-0.1, -0.05) is 42.0 Å². The van der Waals surface area contributed by atoms with Gasteiger partial charge in [0, 0.05) is 26.7 Å². The Bertz CT molecular complexity index is 590. The molecule has 2 saturated heterocycles. The van der Waals surface area contributed by atoms with Gasteiger partial charge in [-0.2, -0.15) is 0 Å². The Morgan fingerprint density at radius 2 is 1.81 bits per heavy atom. The van der Waals surface area contributed by atoms with Crippen LogP contribution in [-0.2, 0) is 0 Å². The minimum absolute atomic E-state index is 0.874. The van der Waals surface area contributed by atoms with Gasteiger partial charge in [-0.15, -0.1) is 0 Å². The average Bonchev–Trinajstić information content (AvgIpc) is 2.68. The fraction of sp³-hybridized carbons (Fsp3) is 0.591. The second kappa shape index (κ2) is 9.77. The second-order valence-electron chi connectivity index (χ2n) is 7.71. The molecule has 0 unspecified atom stereocenters. The highest BCUT2D eigenvalue weighted by Gasteiger charge is 2.19. The first-order valence-corrected chi connectivity index (χ1v) is 10.1. The lowest BCUT2D eigenvalue weighted by atomic mass is 9.94. The number of piperidine rings is 2. The predicted molar refractivity (Wildman–Crippen MR) is 111 cm³/mol. The van der Waals surface area contributed by atoms with Crippen LogP contribution >= 0.6 is 0 Å². The van der Waals surface area contributed by atoms with Crippen LogP contribution in [0.4, 0.5) is 0 Å². The number of rotatable bonds is 4. The smallest absolute Gasteiger partial charge is 0.193 e. The lowest BCUT2D eigenvalue weighted by Gasteiger charge is -2.32. The summed E-state index contributed by atoms with van der Waals surface area (Å²) in [4.78, 5) is 9.37. The van der Waals surface area contributed by atoms with Gasteiger partial charge in [-0.05, 0) is 63.7 Å². The lowest BCUT2D eigenvalue weighted by Crippen LogP contribution is -2.45. The molecular weight excluding hydrogens is 320 g/mol. The van der Waals surface area contributed by atoms with Crippen LogP contribution in [-0.4, -0.2) is 62.6 Å². The van der Waals surface area contributed by atoms with Gasteiger partial charge in [0.1, 0.15) is 0 Å². The largest absolute Gasteiger partial charge is 0.356 e. The zero-order chi connectivity index (χ0) is 18.2. The van der Waals surface area contributed by atoms with E-state index >= 15 is 0 Å². The highest BCUT2D eigenvalue weighted by molar-refractivity contribution is 5.80. The van der Waals surface area contributed by atoms with Crippen molar-refractivity contribution in [3.05, 3.63) is 41.5 Å². The first-order chi connectivity index (χ1) is 12.7. The van der Waals surface area contributed by atoms with E-state index in [1.807, 2.05) is 7.05 Å². The van der Waals surface area contributed by atoms with E-state index in [2.05, 4.69) is 63.6 Å². The molecule has 0 radical (unpaired) electrons. The third kappa shape index (κ3) is 5.60. The van der Waals surface area contributed by atoms with Gasteiger partial charge in [0.05, 0.1) is 0 Å². The molecule has 2 aliphatic rings. The minimum atomic E-state index is 0.874. The van der Waals surface area contributed by atoms with Crippen LogP contribution < -0.4 is 5.32 Å². The van der Waals surface area contributed by atoms with Gasteiger partial charge in [-0.3, -0.25) is 4.99 Å². The maximum atomic E-state index is 4.52. The summed E-state index contributed by atoms with van der Waals surface area (Å²) in [6.45, 7) is 5.67. The Hall–Kier alpha value is -1.81. The third-order valence-electron chi connectivity index (χ3n) is 5.76. The van der Waals surface area contributed by atoms with Crippen molar-refractivity contribution >= 4 is 12.0 Å². The summed E-state index contributed by atoms with van der Waals surface area (Å²) in [6, 6.07) is 10.7. The van der Waals surface area contributed by atoms with Gasteiger partial charge < -0.3 is 15.1 Å². The number of benzene rings is 1. The molecule has 2 fully saturated rings. The first-order valence-electron chi connectivity index (χ1n) is 10.1. The number of aliphatic imine (C=N–C) groups is 1. The van der Waals surface area contributed by atoms with Gasteiger partial charge in [0.15, 0.2) is 5.96 Å². The molecule has 3 rings (SSSR count). The summed E-state index contributed by atoms with van der Waals surface area (Å²) in [7, 11) is 4.14. The molecule has 0 bridgehead atoms. The van der Waals surface area contributed by atoms with E-state index in [0.29, 0.717) is 0 Å². The van der Waals surface area contributed by atoms with E-state index in [1.165, 1.54) is 37.9 Å². The monoisotopic (exact) mass is 354 g/mol. The summed E-state index contributed by atoms with van der Waals surface area (Å²) < 4.78 is 0. The van der Waals surface area contributed by atoms with Crippen molar-refractivity contribution in [2.24, 2.45) is 10.9 Å². The maximum Gasteiger partial charge on any atom is 0.193 e. The highest BCUT2D eigenvalue weighted by Crippen LogP contribution is 2.20. The SMILES string of the molecule is CN=C(NCCC1CCN(C)CC1)N1CCC(=Cc2ccccc2)CC1. The Morgan fingerprint density at radius 1 is 1.12 bits per heavy atom. The molecule has 0 amide bonds. The van der Waals surface area contributed by atoms with Crippen LogP contribution in [0.2, 0.25) is 0 Å². The number of nitrogens with one attached hydrogen (secondary N) is 1. The van der Waals surface area contributed by atoms with Crippen LogP contribution in [0.15, 0.2) is 40.9 Å². The van der Waals surface area contributed by atoms with Crippen molar-refractivity contribution in [3.8, 4) is 0 Å². The molecule has 2 aliphatic heterocycles. The summed E-state index contributed by atoms with van der Waals surface area (Å²) in [6.07, 6.45) is 8.56. The Labute approximate surface area is 159 Å². The fourth-order valence-corrected chi connectivity index (χ4v) is 4.01. The lowest BCUT2D eigenvalue weighted by molar-refractivity contribution is 0.212. The standard InChI is InChI=1S/C22H34N4/c1-23-22(24-13-8-19-9-14-25(2)15-10-19)26-16-11-21(12-17-26)18-20-6-4-3-5-7-20/h3-7,18-19H,8-17H2,1-2H3,(H,23,24). The molecule has 0 spiro atoms. The van der Waals surface area contributed by atoms with E-state index in [9.17, 15) is 0 Å². The number of hydrogen-bond acceptors (Lipinski definition) is 2. The van der Waals surface area contributed by atoms with Gasteiger partial charge >= 0.3 is 0 Å². The van der Waals surface area contributed by atoms with Crippen molar-refractivity contribution in [3.63, 3.8) is 0 Å². The van der Waals surface area contributed by atoms with Crippen LogP contribution in [0.3, 0.4) is 0 Å². The quantitative estimate of drug-likeness (QED) is 0.663. The summed E-state index contributed by atoms with van der Waals surface area (Å²) in [5, 5.41) is 3.61. The van der Waals surface area contributed by atoms with Crippen molar-refractivity contribution in [2.75, 3.05) is 46.8 Å². The van der Waals surface area contributed by atoms with Crippen molar-refractivity contribution in [1.29, 1.82) is 0 Å². The van der Waals surface area contributed by atoms with Crippen LogP contribution in [0.1, 0.15) is 37.7 Å². The Balaban J connectivity index is 1.41. The van der Waals surface area contributed by atoms with E-state index in [0.717, 1.165) is 44.4 Å². The van der Waals surface area contributed by atoms with Crippen molar-refractivity contribution in [1.82, 2.24) is 15.1 Å². The molecule has 142 valence electrons. The zero-order valence-electron chi connectivity index (χ0n) is 16.5. The molecule has 4 nitrogen and oxygen atoms in total. The van der Waals surface area contributed by atoms with Gasteiger partial charge in [0.25, 0.3) is 0 Å². The summed E-state index contributed by atoms with van der Waals surface area (Å²) in [5.41, 5.74) is 2.87. The van der Waals surface area contributed by atoms with E-state index in [4.69, 9.17) is 0 Å². The molecule has 1 aromatic carbocycles. The third-order valence-corrected chi connectivity index (χ3v) is 5.76.